The van der Waals surface area contributed by atoms with Crippen LogP contribution in [0.3, 0.4) is 0 Å². The summed E-state index contributed by atoms with van der Waals surface area (Å²) in [5.41, 5.74) is 2.64. The van der Waals surface area contributed by atoms with Crippen molar-refractivity contribution in [3.63, 3.8) is 0 Å². The summed E-state index contributed by atoms with van der Waals surface area (Å²) in [5, 5.41) is 0.309. The Morgan fingerprint density at radius 3 is 2.57 bits per heavy atom. The molecule has 138 valence electrons. The Bertz CT molecular complexity index is 1130. The van der Waals surface area contributed by atoms with E-state index < -0.39 is 5.97 Å². The summed E-state index contributed by atoms with van der Waals surface area (Å²) in [7, 11) is 0. The van der Waals surface area contributed by atoms with Crippen molar-refractivity contribution in [2.75, 3.05) is 0 Å². The SMILES string of the molecule is Cc1ccccc1/C=C1/Oc2cc(OC(=O)c3ccccc3Cl)ccc2C1=O. The smallest absolute Gasteiger partial charge is 0.345 e. The standard InChI is InChI=1S/C23H15ClO4/c1-14-6-2-3-7-15(14)12-21-22(25)18-11-10-16(13-20(18)28-21)27-23(26)17-8-4-5-9-19(17)24/h2-13H,1H3/b21-12+. The van der Waals surface area contributed by atoms with E-state index in [-0.39, 0.29) is 22.9 Å². The molecule has 0 fully saturated rings. The number of hydrogen-bond acceptors (Lipinski definition) is 4. The van der Waals surface area contributed by atoms with Gasteiger partial charge in [0.25, 0.3) is 0 Å². The fourth-order valence-electron chi connectivity index (χ4n) is 2.91. The average Bonchev–Trinajstić information content (AvgIpc) is 2.99. The van der Waals surface area contributed by atoms with E-state index in [4.69, 9.17) is 21.1 Å². The summed E-state index contributed by atoms with van der Waals surface area (Å²) in [5.74, 6) is 0.0783. The molecule has 3 aromatic carbocycles. The van der Waals surface area contributed by atoms with Crippen LogP contribution in [0.1, 0.15) is 31.8 Å². The fraction of sp³-hybridized carbons (Fsp3) is 0.0435. The summed E-state index contributed by atoms with van der Waals surface area (Å²) < 4.78 is 11.1. The van der Waals surface area contributed by atoms with Crippen molar-refractivity contribution in [1.82, 2.24) is 0 Å². The Kier molecular flexibility index (Phi) is 4.72. The van der Waals surface area contributed by atoms with E-state index in [0.717, 1.165) is 11.1 Å². The van der Waals surface area contributed by atoms with Gasteiger partial charge in [0.1, 0.15) is 11.5 Å². The van der Waals surface area contributed by atoms with Crippen molar-refractivity contribution in [3.05, 3.63) is 99.8 Å². The first kappa shape index (κ1) is 18.0. The third kappa shape index (κ3) is 3.42. The van der Waals surface area contributed by atoms with Gasteiger partial charge in [0.05, 0.1) is 16.1 Å². The minimum atomic E-state index is -0.578. The summed E-state index contributed by atoms with van der Waals surface area (Å²) in [6.07, 6.45) is 1.72. The molecule has 1 aliphatic heterocycles. The number of esters is 1. The number of Topliss-reactive ketones (excluding diaryl/α,β-unsaturated/α-hetero) is 1. The summed E-state index contributed by atoms with van der Waals surface area (Å²) in [4.78, 5) is 24.9. The molecule has 28 heavy (non-hydrogen) atoms. The Balaban J connectivity index is 1.58. The van der Waals surface area contributed by atoms with Crippen LogP contribution in [-0.2, 0) is 0 Å². The van der Waals surface area contributed by atoms with Crippen molar-refractivity contribution in [2.24, 2.45) is 0 Å². The number of carbonyl (C=O) groups is 2. The number of carbonyl (C=O) groups excluding carboxylic acids is 2. The molecule has 0 saturated heterocycles. The maximum Gasteiger partial charge on any atom is 0.345 e. The van der Waals surface area contributed by atoms with Crippen molar-refractivity contribution < 1.29 is 19.1 Å². The number of allylic oxidation sites excluding steroid dienone is 1. The molecule has 0 radical (unpaired) electrons. The number of rotatable bonds is 3. The number of halogens is 1. The van der Waals surface area contributed by atoms with Gasteiger partial charge >= 0.3 is 5.97 Å². The average molecular weight is 391 g/mol. The van der Waals surface area contributed by atoms with Gasteiger partial charge in [-0.15, -0.1) is 0 Å². The van der Waals surface area contributed by atoms with E-state index in [0.29, 0.717) is 16.3 Å². The zero-order chi connectivity index (χ0) is 19.7. The molecule has 0 atom stereocenters. The molecule has 0 spiro atoms. The number of aryl methyl sites for hydroxylation is 1. The fourth-order valence-corrected chi connectivity index (χ4v) is 3.12. The highest BCUT2D eigenvalue weighted by Crippen LogP contribution is 2.35. The number of ether oxygens (including phenoxy) is 2. The van der Waals surface area contributed by atoms with Gasteiger partial charge in [-0.3, -0.25) is 4.79 Å². The van der Waals surface area contributed by atoms with Gasteiger partial charge in [0, 0.05) is 6.07 Å². The van der Waals surface area contributed by atoms with Crippen LogP contribution < -0.4 is 9.47 Å². The number of benzene rings is 3. The molecule has 0 aliphatic carbocycles. The molecule has 5 heteroatoms. The monoisotopic (exact) mass is 390 g/mol. The molecule has 0 bridgehead atoms. The van der Waals surface area contributed by atoms with E-state index in [1.165, 1.54) is 6.07 Å². The van der Waals surface area contributed by atoms with E-state index in [1.54, 1.807) is 42.5 Å². The summed E-state index contributed by atoms with van der Waals surface area (Å²) in [6.45, 7) is 1.96. The van der Waals surface area contributed by atoms with Gasteiger partial charge in [0.15, 0.2) is 5.76 Å². The Morgan fingerprint density at radius 1 is 1.04 bits per heavy atom. The van der Waals surface area contributed by atoms with Gasteiger partial charge in [-0.05, 0) is 48.4 Å². The van der Waals surface area contributed by atoms with Crippen LogP contribution in [0.2, 0.25) is 5.02 Å². The van der Waals surface area contributed by atoms with Crippen molar-refractivity contribution in [2.45, 2.75) is 6.92 Å². The van der Waals surface area contributed by atoms with Gasteiger partial charge in [-0.2, -0.15) is 0 Å². The molecule has 1 heterocycles. The second-order valence-corrected chi connectivity index (χ2v) is 6.73. The maximum absolute atomic E-state index is 12.6. The van der Waals surface area contributed by atoms with E-state index in [1.807, 2.05) is 31.2 Å². The first-order chi connectivity index (χ1) is 13.5. The van der Waals surface area contributed by atoms with Gasteiger partial charge in [-0.25, -0.2) is 4.79 Å². The van der Waals surface area contributed by atoms with Crippen LogP contribution in [0.25, 0.3) is 6.08 Å². The molecule has 0 unspecified atom stereocenters. The van der Waals surface area contributed by atoms with Crippen LogP contribution >= 0.6 is 11.6 Å². The minimum absolute atomic E-state index is 0.206. The van der Waals surface area contributed by atoms with Gasteiger partial charge < -0.3 is 9.47 Å². The molecular weight excluding hydrogens is 376 g/mol. The second-order valence-electron chi connectivity index (χ2n) is 6.32. The molecule has 0 aromatic heterocycles. The molecule has 3 aromatic rings. The summed E-state index contributed by atoms with van der Waals surface area (Å²) in [6, 6.07) is 19.0. The molecule has 4 rings (SSSR count). The highest BCUT2D eigenvalue weighted by molar-refractivity contribution is 6.33. The predicted octanol–water partition coefficient (Wildman–Crippen LogP) is 5.48. The predicted molar refractivity (Wildman–Crippen MR) is 107 cm³/mol. The molecule has 0 N–H and O–H groups in total. The third-order valence-electron chi connectivity index (χ3n) is 4.42. The number of ketones is 1. The minimum Gasteiger partial charge on any atom is -0.452 e. The van der Waals surface area contributed by atoms with Crippen molar-refractivity contribution in [1.29, 1.82) is 0 Å². The van der Waals surface area contributed by atoms with Crippen molar-refractivity contribution in [3.8, 4) is 11.5 Å². The zero-order valence-electron chi connectivity index (χ0n) is 14.9. The lowest BCUT2D eigenvalue weighted by Gasteiger charge is -2.06. The summed E-state index contributed by atoms with van der Waals surface area (Å²) >= 11 is 6.03. The Morgan fingerprint density at radius 2 is 1.79 bits per heavy atom. The molecule has 0 amide bonds. The maximum atomic E-state index is 12.6. The zero-order valence-corrected chi connectivity index (χ0v) is 15.7. The lowest BCUT2D eigenvalue weighted by molar-refractivity contribution is 0.0734. The largest absolute Gasteiger partial charge is 0.452 e. The van der Waals surface area contributed by atoms with Gasteiger partial charge in [-0.1, -0.05) is 48.0 Å². The Labute approximate surface area is 167 Å². The molecule has 1 aliphatic rings. The van der Waals surface area contributed by atoms with Crippen molar-refractivity contribution >= 4 is 29.4 Å². The first-order valence-electron chi connectivity index (χ1n) is 8.63. The van der Waals surface area contributed by atoms with E-state index in [9.17, 15) is 9.59 Å². The lowest BCUT2D eigenvalue weighted by atomic mass is 10.1. The van der Waals surface area contributed by atoms with Crippen LogP contribution in [-0.4, -0.2) is 11.8 Å². The Hall–Kier alpha value is -3.37. The lowest BCUT2D eigenvalue weighted by Crippen LogP contribution is -2.09. The van der Waals surface area contributed by atoms with Crippen LogP contribution in [0, 0.1) is 6.92 Å². The number of hydrogen-bond donors (Lipinski definition) is 0. The molecule has 4 nitrogen and oxygen atoms in total. The van der Waals surface area contributed by atoms with Crippen LogP contribution in [0.4, 0.5) is 0 Å². The highest BCUT2D eigenvalue weighted by Gasteiger charge is 2.28. The van der Waals surface area contributed by atoms with E-state index in [2.05, 4.69) is 0 Å². The normalized spacial score (nSPS) is 13.9. The number of fused-ring (bicyclic) bond motifs is 1. The third-order valence-corrected chi connectivity index (χ3v) is 4.75. The van der Waals surface area contributed by atoms with Crippen LogP contribution in [0.15, 0.2) is 72.5 Å². The van der Waals surface area contributed by atoms with Gasteiger partial charge in [0.2, 0.25) is 5.78 Å². The topological polar surface area (TPSA) is 52.6 Å². The highest BCUT2D eigenvalue weighted by atomic mass is 35.5. The van der Waals surface area contributed by atoms with Crippen LogP contribution in [0.5, 0.6) is 11.5 Å². The first-order valence-corrected chi connectivity index (χ1v) is 9.01. The molecular formula is C23H15ClO4. The quantitative estimate of drug-likeness (QED) is 0.337. The molecule has 0 saturated carbocycles. The second kappa shape index (κ2) is 7.33. The van der Waals surface area contributed by atoms with E-state index >= 15 is 0 Å².